The Kier molecular flexibility index (Phi) is 4.89. The van der Waals surface area contributed by atoms with Gasteiger partial charge in [0.15, 0.2) is 0 Å². The average molecular weight is 247 g/mol. The summed E-state index contributed by atoms with van der Waals surface area (Å²) in [5, 5.41) is 3.95. The lowest BCUT2D eigenvalue weighted by atomic mass is 9.85. The van der Waals surface area contributed by atoms with Gasteiger partial charge in [-0.15, -0.1) is 11.6 Å². The molecule has 0 aromatic heterocycles. The number of morpholine rings is 1. The maximum absolute atomic E-state index is 5.95. The van der Waals surface area contributed by atoms with Crippen LogP contribution in [0.5, 0.6) is 0 Å². The Labute approximate surface area is 103 Å². The third-order valence-electron chi connectivity index (χ3n) is 3.65. The van der Waals surface area contributed by atoms with E-state index in [1.807, 2.05) is 0 Å². The Morgan fingerprint density at radius 1 is 1.38 bits per heavy atom. The third-order valence-corrected chi connectivity index (χ3v) is 4.01. The van der Waals surface area contributed by atoms with Crippen LogP contribution in [0.4, 0.5) is 0 Å². The summed E-state index contributed by atoms with van der Waals surface area (Å²) in [6.07, 6.45) is 2.74. The van der Waals surface area contributed by atoms with E-state index in [1.165, 1.54) is 12.8 Å². The fourth-order valence-electron chi connectivity index (χ4n) is 2.46. The molecule has 0 aromatic carbocycles. The number of likely N-dealkylation sites (N-methyl/N-ethyl adjacent to an activating group) is 1. The molecule has 1 saturated carbocycles. The maximum atomic E-state index is 5.95. The van der Waals surface area contributed by atoms with Crippen molar-refractivity contribution in [3.63, 3.8) is 0 Å². The minimum Gasteiger partial charge on any atom is -0.374 e. The fourth-order valence-corrected chi connectivity index (χ4v) is 2.96. The number of halogens is 1. The van der Waals surface area contributed by atoms with Gasteiger partial charge < -0.3 is 10.1 Å². The first-order valence-electron chi connectivity index (χ1n) is 6.46. The van der Waals surface area contributed by atoms with Gasteiger partial charge in [-0.3, -0.25) is 4.90 Å². The summed E-state index contributed by atoms with van der Waals surface area (Å²) in [6.45, 7) is 8.49. The van der Waals surface area contributed by atoms with Gasteiger partial charge in [-0.25, -0.2) is 0 Å². The Hall–Kier alpha value is 0.170. The smallest absolute Gasteiger partial charge is 0.0826 e. The van der Waals surface area contributed by atoms with Crippen LogP contribution in [-0.2, 0) is 4.74 Å². The molecule has 2 rings (SSSR count). The molecule has 0 bridgehead atoms. The van der Waals surface area contributed by atoms with Crippen LogP contribution in [0.2, 0.25) is 0 Å². The minimum absolute atomic E-state index is 0.376. The highest BCUT2D eigenvalue weighted by Crippen LogP contribution is 2.31. The molecule has 0 amide bonds. The van der Waals surface area contributed by atoms with Crippen LogP contribution in [0, 0.1) is 5.92 Å². The Bertz CT molecular complexity index is 209. The number of alkyl halides is 1. The predicted octanol–water partition coefficient (Wildman–Crippen LogP) is 1.31. The first kappa shape index (κ1) is 12.6. The number of rotatable bonds is 5. The molecule has 1 atom stereocenters. The number of hydrogen-bond acceptors (Lipinski definition) is 3. The molecule has 0 radical (unpaired) electrons. The summed E-state index contributed by atoms with van der Waals surface area (Å²) < 4.78 is 5.73. The number of nitrogens with one attached hydrogen (secondary N) is 1. The molecular weight excluding hydrogens is 224 g/mol. The van der Waals surface area contributed by atoms with Crippen molar-refractivity contribution in [2.75, 3.05) is 39.3 Å². The van der Waals surface area contributed by atoms with Gasteiger partial charge in [0.1, 0.15) is 0 Å². The molecule has 1 N–H and O–H groups in total. The van der Waals surface area contributed by atoms with Crippen molar-refractivity contribution in [1.29, 1.82) is 0 Å². The quantitative estimate of drug-likeness (QED) is 0.741. The van der Waals surface area contributed by atoms with E-state index in [4.69, 9.17) is 16.3 Å². The summed E-state index contributed by atoms with van der Waals surface area (Å²) in [4.78, 5) is 2.45. The lowest BCUT2D eigenvalue weighted by Crippen LogP contribution is -2.47. The van der Waals surface area contributed by atoms with Crippen molar-refractivity contribution in [1.82, 2.24) is 10.2 Å². The number of hydrogen-bond donors (Lipinski definition) is 1. The summed E-state index contributed by atoms with van der Waals surface area (Å²) >= 11 is 5.95. The summed E-state index contributed by atoms with van der Waals surface area (Å²) in [5.41, 5.74) is 0. The second kappa shape index (κ2) is 6.20. The van der Waals surface area contributed by atoms with Crippen molar-refractivity contribution in [3.8, 4) is 0 Å². The Balaban J connectivity index is 1.55. The predicted molar refractivity (Wildman–Crippen MR) is 67.1 cm³/mol. The molecule has 3 nitrogen and oxygen atoms in total. The first-order chi connectivity index (χ1) is 7.78. The Morgan fingerprint density at radius 2 is 2.19 bits per heavy atom. The zero-order chi connectivity index (χ0) is 11.4. The molecule has 0 spiro atoms. The highest BCUT2D eigenvalue weighted by molar-refractivity contribution is 6.21. The highest BCUT2D eigenvalue weighted by atomic mass is 35.5. The van der Waals surface area contributed by atoms with Gasteiger partial charge in [-0.1, -0.05) is 6.92 Å². The molecule has 2 fully saturated rings. The standard InChI is InChI=1S/C12H23ClN2O/c1-2-15-3-4-16-12(9-15)8-14-7-10-5-11(13)6-10/h10-12,14H,2-9H2,1H3. The molecular formula is C12H23ClN2O. The lowest BCUT2D eigenvalue weighted by Gasteiger charge is -2.34. The van der Waals surface area contributed by atoms with Gasteiger partial charge in [0.2, 0.25) is 0 Å². The van der Waals surface area contributed by atoms with E-state index in [-0.39, 0.29) is 0 Å². The molecule has 1 heterocycles. The highest BCUT2D eigenvalue weighted by Gasteiger charge is 2.27. The summed E-state index contributed by atoms with van der Waals surface area (Å²) in [5.74, 6) is 0.799. The molecule has 1 unspecified atom stereocenters. The number of ether oxygens (including phenoxy) is 1. The van der Waals surface area contributed by atoms with Crippen molar-refractivity contribution in [3.05, 3.63) is 0 Å². The molecule has 0 aromatic rings. The molecule has 1 aliphatic carbocycles. The lowest BCUT2D eigenvalue weighted by molar-refractivity contribution is -0.0257. The van der Waals surface area contributed by atoms with Crippen LogP contribution in [0.25, 0.3) is 0 Å². The van der Waals surface area contributed by atoms with E-state index in [9.17, 15) is 0 Å². The monoisotopic (exact) mass is 246 g/mol. The van der Waals surface area contributed by atoms with Gasteiger partial charge in [0, 0.05) is 25.0 Å². The van der Waals surface area contributed by atoms with Crippen LogP contribution in [0.3, 0.4) is 0 Å². The third kappa shape index (κ3) is 3.59. The Morgan fingerprint density at radius 3 is 2.88 bits per heavy atom. The maximum Gasteiger partial charge on any atom is 0.0826 e. The van der Waals surface area contributed by atoms with Crippen LogP contribution >= 0.6 is 11.6 Å². The molecule has 94 valence electrons. The van der Waals surface area contributed by atoms with E-state index >= 15 is 0 Å². The molecule has 1 saturated heterocycles. The zero-order valence-corrected chi connectivity index (χ0v) is 10.9. The van der Waals surface area contributed by atoms with E-state index in [0.717, 1.165) is 45.2 Å². The van der Waals surface area contributed by atoms with Crippen LogP contribution < -0.4 is 5.32 Å². The average Bonchev–Trinajstić information content (AvgIpc) is 2.27. The van der Waals surface area contributed by atoms with Gasteiger partial charge >= 0.3 is 0 Å². The van der Waals surface area contributed by atoms with Crippen molar-refractivity contribution >= 4 is 11.6 Å². The second-order valence-electron chi connectivity index (χ2n) is 4.98. The van der Waals surface area contributed by atoms with Crippen LogP contribution in [0.1, 0.15) is 19.8 Å². The summed E-state index contributed by atoms with van der Waals surface area (Å²) in [6, 6.07) is 0. The van der Waals surface area contributed by atoms with Crippen LogP contribution in [-0.4, -0.2) is 55.7 Å². The van der Waals surface area contributed by atoms with E-state index in [1.54, 1.807) is 0 Å². The molecule has 2 aliphatic rings. The SMILES string of the molecule is CCN1CCOC(CNCC2CC(Cl)C2)C1. The number of nitrogens with zero attached hydrogens (tertiary/aromatic N) is 1. The molecule has 4 heteroatoms. The van der Waals surface area contributed by atoms with Gasteiger partial charge in [0.25, 0.3) is 0 Å². The van der Waals surface area contributed by atoms with Gasteiger partial charge in [0.05, 0.1) is 12.7 Å². The van der Waals surface area contributed by atoms with Crippen molar-refractivity contribution < 1.29 is 4.74 Å². The van der Waals surface area contributed by atoms with Crippen LogP contribution in [0.15, 0.2) is 0 Å². The second-order valence-corrected chi connectivity index (χ2v) is 5.60. The van der Waals surface area contributed by atoms with Gasteiger partial charge in [-0.05, 0) is 31.8 Å². The van der Waals surface area contributed by atoms with E-state index in [0.29, 0.717) is 11.5 Å². The first-order valence-corrected chi connectivity index (χ1v) is 6.90. The van der Waals surface area contributed by atoms with Gasteiger partial charge in [-0.2, -0.15) is 0 Å². The molecule has 1 aliphatic heterocycles. The van der Waals surface area contributed by atoms with Crippen molar-refractivity contribution in [2.24, 2.45) is 5.92 Å². The molecule has 16 heavy (non-hydrogen) atoms. The topological polar surface area (TPSA) is 24.5 Å². The summed E-state index contributed by atoms with van der Waals surface area (Å²) in [7, 11) is 0. The minimum atomic E-state index is 0.376. The van der Waals surface area contributed by atoms with E-state index < -0.39 is 0 Å². The van der Waals surface area contributed by atoms with Crippen molar-refractivity contribution in [2.45, 2.75) is 31.2 Å². The largest absolute Gasteiger partial charge is 0.374 e. The van der Waals surface area contributed by atoms with E-state index in [2.05, 4.69) is 17.1 Å². The fraction of sp³-hybridized carbons (Fsp3) is 1.00. The zero-order valence-electron chi connectivity index (χ0n) is 10.1. The normalized spacial score (nSPS) is 36.0.